The van der Waals surface area contributed by atoms with Gasteiger partial charge in [0.15, 0.2) is 0 Å². The quantitative estimate of drug-likeness (QED) is 0.334. The first-order valence-electron chi connectivity index (χ1n) is 11.3. The van der Waals surface area contributed by atoms with Crippen molar-refractivity contribution in [1.82, 2.24) is 14.9 Å². The molecule has 0 aliphatic heterocycles. The van der Waals surface area contributed by atoms with E-state index in [4.69, 9.17) is 4.98 Å². The highest BCUT2D eigenvalue weighted by Crippen LogP contribution is 2.26. The Morgan fingerprint density at radius 1 is 0.824 bits per heavy atom. The van der Waals surface area contributed by atoms with Crippen LogP contribution >= 0.6 is 0 Å². The zero-order chi connectivity index (χ0) is 23.3. The van der Waals surface area contributed by atoms with Gasteiger partial charge in [-0.15, -0.1) is 0 Å². The molecule has 0 aliphatic carbocycles. The molecule has 0 bridgehead atoms. The lowest BCUT2D eigenvalue weighted by Crippen LogP contribution is -2.32. The molecule has 1 N–H and O–H groups in total. The summed E-state index contributed by atoms with van der Waals surface area (Å²) in [5, 5.41) is 3.18. The second-order valence-electron chi connectivity index (χ2n) is 8.22. The summed E-state index contributed by atoms with van der Waals surface area (Å²) in [5.41, 5.74) is 3.93. The van der Waals surface area contributed by atoms with Gasteiger partial charge in [0.1, 0.15) is 11.6 Å². The SMILES string of the molecule is O=C(N[C@@H](Cc1ccccc1)c1nc2ccccc2n1Cc1ccccc1F)c1ccccc1. The van der Waals surface area contributed by atoms with Crippen LogP contribution in [-0.4, -0.2) is 15.5 Å². The van der Waals surface area contributed by atoms with Crippen molar-refractivity contribution < 1.29 is 9.18 Å². The molecule has 4 nitrogen and oxygen atoms in total. The zero-order valence-corrected chi connectivity index (χ0v) is 18.6. The maximum atomic E-state index is 14.6. The van der Waals surface area contributed by atoms with Crippen molar-refractivity contribution in [1.29, 1.82) is 0 Å². The molecule has 168 valence electrons. The number of rotatable bonds is 7. The van der Waals surface area contributed by atoms with Crippen molar-refractivity contribution in [2.75, 3.05) is 0 Å². The lowest BCUT2D eigenvalue weighted by molar-refractivity contribution is 0.0934. The van der Waals surface area contributed by atoms with Crippen molar-refractivity contribution in [3.8, 4) is 0 Å². The molecule has 0 unspecified atom stereocenters. The van der Waals surface area contributed by atoms with Crippen LogP contribution in [0.25, 0.3) is 11.0 Å². The number of halogens is 1. The van der Waals surface area contributed by atoms with Crippen LogP contribution in [0.5, 0.6) is 0 Å². The molecule has 0 aliphatic rings. The molecule has 1 heterocycles. The van der Waals surface area contributed by atoms with Crippen molar-refractivity contribution in [2.45, 2.75) is 19.0 Å². The van der Waals surface area contributed by atoms with Gasteiger partial charge in [-0.25, -0.2) is 9.37 Å². The predicted molar refractivity (Wildman–Crippen MR) is 132 cm³/mol. The summed E-state index contributed by atoms with van der Waals surface area (Å²) in [6, 6.07) is 33.3. The number of hydrogen-bond acceptors (Lipinski definition) is 2. The summed E-state index contributed by atoms with van der Waals surface area (Å²) in [7, 11) is 0. The van der Waals surface area contributed by atoms with E-state index in [-0.39, 0.29) is 11.7 Å². The smallest absolute Gasteiger partial charge is 0.251 e. The third-order valence-corrected chi connectivity index (χ3v) is 5.91. The van der Waals surface area contributed by atoms with Crippen molar-refractivity contribution >= 4 is 16.9 Å². The summed E-state index contributed by atoms with van der Waals surface area (Å²) in [6.45, 7) is 0.315. The molecule has 5 heteroatoms. The van der Waals surface area contributed by atoms with Gasteiger partial charge in [-0.2, -0.15) is 0 Å². The number of hydrogen-bond donors (Lipinski definition) is 1. The standard InChI is InChI=1S/C29H24FN3O/c30-24-16-8-7-15-23(24)20-33-27-18-10-9-17-25(27)31-28(33)26(19-21-11-3-1-4-12-21)32-29(34)22-13-5-2-6-14-22/h1-18,26H,19-20H2,(H,32,34)/t26-/m0/s1. The van der Waals surface area contributed by atoms with E-state index < -0.39 is 6.04 Å². The van der Waals surface area contributed by atoms with Gasteiger partial charge in [0.25, 0.3) is 5.91 Å². The molecular weight excluding hydrogens is 425 g/mol. The summed E-state index contributed by atoms with van der Waals surface area (Å²) in [4.78, 5) is 18.1. The maximum Gasteiger partial charge on any atom is 0.251 e. The van der Waals surface area contributed by atoms with Crippen LogP contribution in [0.1, 0.15) is 33.4 Å². The topological polar surface area (TPSA) is 46.9 Å². The van der Waals surface area contributed by atoms with Crippen LogP contribution < -0.4 is 5.32 Å². The van der Waals surface area contributed by atoms with Crippen molar-refractivity contribution in [3.63, 3.8) is 0 Å². The Morgan fingerprint density at radius 2 is 1.47 bits per heavy atom. The first-order valence-corrected chi connectivity index (χ1v) is 11.3. The molecule has 34 heavy (non-hydrogen) atoms. The highest BCUT2D eigenvalue weighted by molar-refractivity contribution is 5.94. The molecular formula is C29H24FN3O. The fourth-order valence-corrected chi connectivity index (χ4v) is 4.21. The highest BCUT2D eigenvalue weighted by Gasteiger charge is 2.24. The Bertz CT molecular complexity index is 1410. The van der Waals surface area contributed by atoms with Gasteiger partial charge >= 0.3 is 0 Å². The molecule has 0 saturated carbocycles. The van der Waals surface area contributed by atoms with Gasteiger partial charge in [-0.05, 0) is 42.3 Å². The van der Waals surface area contributed by atoms with Gasteiger partial charge in [-0.1, -0.05) is 78.9 Å². The minimum Gasteiger partial charge on any atom is -0.342 e. The second-order valence-corrected chi connectivity index (χ2v) is 8.22. The number of para-hydroxylation sites is 2. The largest absolute Gasteiger partial charge is 0.342 e. The minimum atomic E-state index is -0.408. The van der Waals surface area contributed by atoms with Crippen LogP contribution in [-0.2, 0) is 13.0 Å². The number of carbonyl (C=O) groups is 1. The number of amides is 1. The zero-order valence-electron chi connectivity index (χ0n) is 18.6. The van der Waals surface area contributed by atoms with E-state index in [0.717, 1.165) is 16.6 Å². The molecule has 0 fully saturated rings. The van der Waals surface area contributed by atoms with Crippen LogP contribution in [0.2, 0.25) is 0 Å². The van der Waals surface area contributed by atoms with Crippen molar-refractivity contribution in [3.05, 3.63) is 138 Å². The third-order valence-electron chi connectivity index (χ3n) is 5.91. The molecule has 1 atom stereocenters. The maximum absolute atomic E-state index is 14.6. The molecule has 1 aromatic heterocycles. The molecule has 5 aromatic rings. The Morgan fingerprint density at radius 3 is 2.24 bits per heavy atom. The van der Waals surface area contributed by atoms with E-state index in [9.17, 15) is 9.18 Å². The number of nitrogens with one attached hydrogen (secondary N) is 1. The number of fused-ring (bicyclic) bond motifs is 1. The lowest BCUT2D eigenvalue weighted by Gasteiger charge is -2.21. The molecule has 5 rings (SSSR count). The van der Waals surface area contributed by atoms with Crippen LogP contribution in [0, 0.1) is 5.82 Å². The molecule has 0 radical (unpaired) electrons. The fraction of sp³-hybridized carbons (Fsp3) is 0.103. The van der Waals surface area contributed by atoms with Crippen LogP contribution in [0.4, 0.5) is 4.39 Å². The number of nitrogens with zero attached hydrogens (tertiary/aromatic N) is 2. The Labute approximate surface area is 197 Å². The summed E-state index contributed by atoms with van der Waals surface area (Å²) in [6.07, 6.45) is 0.556. The molecule has 0 saturated heterocycles. The Hall–Kier alpha value is -4.25. The Balaban J connectivity index is 1.59. The van der Waals surface area contributed by atoms with Crippen LogP contribution in [0.15, 0.2) is 109 Å². The summed E-state index contributed by atoms with van der Waals surface area (Å²) < 4.78 is 16.6. The third kappa shape index (κ3) is 4.59. The van der Waals surface area contributed by atoms with Crippen molar-refractivity contribution in [2.24, 2.45) is 0 Å². The number of carbonyl (C=O) groups excluding carboxylic acids is 1. The first kappa shape index (κ1) is 21.6. The second kappa shape index (κ2) is 9.71. The van der Waals surface area contributed by atoms with Gasteiger partial charge < -0.3 is 9.88 Å². The first-order chi connectivity index (χ1) is 16.7. The Kier molecular flexibility index (Phi) is 6.17. The van der Waals surface area contributed by atoms with E-state index in [1.165, 1.54) is 6.07 Å². The average molecular weight is 450 g/mol. The normalized spacial score (nSPS) is 11.9. The van der Waals surface area contributed by atoms with E-state index in [0.29, 0.717) is 29.9 Å². The van der Waals surface area contributed by atoms with Gasteiger partial charge in [0.05, 0.1) is 23.6 Å². The summed E-state index contributed by atoms with van der Waals surface area (Å²) in [5.74, 6) is 0.253. The molecule has 0 spiro atoms. The van der Waals surface area contributed by atoms with E-state index >= 15 is 0 Å². The van der Waals surface area contributed by atoms with Gasteiger partial charge in [0.2, 0.25) is 0 Å². The number of imidazole rings is 1. The molecule has 1 amide bonds. The monoisotopic (exact) mass is 449 g/mol. The van der Waals surface area contributed by atoms with Crippen LogP contribution in [0.3, 0.4) is 0 Å². The predicted octanol–water partition coefficient (Wildman–Crippen LogP) is 5.94. The fourth-order valence-electron chi connectivity index (χ4n) is 4.21. The van der Waals surface area contributed by atoms with Gasteiger partial charge in [0, 0.05) is 11.1 Å². The molecule has 4 aromatic carbocycles. The average Bonchev–Trinajstić information content (AvgIpc) is 3.24. The number of aromatic nitrogens is 2. The number of benzene rings is 4. The summed E-state index contributed by atoms with van der Waals surface area (Å²) >= 11 is 0. The minimum absolute atomic E-state index is 0.175. The highest BCUT2D eigenvalue weighted by atomic mass is 19.1. The lowest BCUT2D eigenvalue weighted by atomic mass is 10.0. The van der Waals surface area contributed by atoms with Gasteiger partial charge in [-0.3, -0.25) is 4.79 Å². The van der Waals surface area contributed by atoms with E-state index in [1.807, 2.05) is 83.4 Å². The van der Waals surface area contributed by atoms with E-state index in [1.54, 1.807) is 24.3 Å². The van der Waals surface area contributed by atoms with E-state index in [2.05, 4.69) is 5.32 Å².